The summed E-state index contributed by atoms with van der Waals surface area (Å²) in [4.78, 5) is 0. The summed E-state index contributed by atoms with van der Waals surface area (Å²) in [7, 11) is 0. The molecule has 0 aliphatic rings. The lowest BCUT2D eigenvalue weighted by Crippen LogP contribution is -1.92. The van der Waals surface area contributed by atoms with E-state index in [-0.39, 0.29) is 0 Å². The molecule has 0 aromatic carbocycles. The summed E-state index contributed by atoms with van der Waals surface area (Å²) in [5.74, 6) is 1.09. The molecular weight excluding hydrogens is 160 g/mol. The Kier molecular flexibility index (Phi) is 4.60. The topological polar surface area (TPSA) is 9.23 Å². The standard InChI is InChI=1S/C12H16O/c1-7-9(3)11(5)12(6)13-10(4)8-2/h7-8H,1-2,4,6H2,3,5H3/b11-9-. The fraction of sp³-hybridized carbons (Fsp3) is 0.167. The maximum Gasteiger partial charge on any atom is 0.123 e. The highest BCUT2D eigenvalue weighted by molar-refractivity contribution is 5.33. The Morgan fingerprint density at radius 1 is 1.08 bits per heavy atom. The first-order valence-electron chi connectivity index (χ1n) is 4.01. The molecule has 0 fully saturated rings. The lowest BCUT2D eigenvalue weighted by molar-refractivity contribution is 0.333. The smallest absolute Gasteiger partial charge is 0.123 e. The van der Waals surface area contributed by atoms with E-state index < -0.39 is 0 Å². The molecule has 0 saturated heterocycles. The predicted molar refractivity (Wildman–Crippen MR) is 58.1 cm³/mol. The van der Waals surface area contributed by atoms with Gasteiger partial charge in [0.2, 0.25) is 0 Å². The second-order valence-corrected chi connectivity index (χ2v) is 2.71. The van der Waals surface area contributed by atoms with Gasteiger partial charge in [-0.05, 0) is 31.1 Å². The Bertz CT molecular complexity index is 279. The second-order valence-electron chi connectivity index (χ2n) is 2.71. The molecule has 0 amide bonds. The molecule has 13 heavy (non-hydrogen) atoms. The van der Waals surface area contributed by atoms with Crippen LogP contribution < -0.4 is 0 Å². The minimum absolute atomic E-state index is 0.501. The number of hydrogen-bond acceptors (Lipinski definition) is 1. The lowest BCUT2D eigenvalue weighted by Gasteiger charge is -2.10. The van der Waals surface area contributed by atoms with Crippen LogP contribution in [0.4, 0.5) is 0 Å². The van der Waals surface area contributed by atoms with Crippen LogP contribution >= 0.6 is 0 Å². The van der Waals surface area contributed by atoms with Gasteiger partial charge in [0.25, 0.3) is 0 Å². The zero-order valence-electron chi connectivity index (χ0n) is 8.39. The highest BCUT2D eigenvalue weighted by atomic mass is 16.5. The maximum absolute atomic E-state index is 5.27. The average Bonchev–Trinajstić information content (AvgIpc) is 2.14. The minimum Gasteiger partial charge on any atom is -0.458 e. The van der Waals surface area contributed by atoms with Crippen molar-refractivity contribution in [3.8, 4) is 0 Å². The molecule has 0 atom stereocenters. The van der Waals surface area contributed by atoms with Crippen LogP contribution in [-0.4, -0.2) is 0 Å². The summed E-state index contributed by atoms with van der Waals surface area (Å²) in [5, 5.41) is 0. The third-order valence-corrected chi connectivity index (χ3v) is 1.80. The fourth-order valence-corrected chi connectivity index (χ4v) is 0.649. The summed E-state index contributed by atoms with van der Waals surface area (Å²) in [6, 6.07) is 0. The normalized spacial score (nSPS) is 11.2. The Labute approximate surface area is 80.4 Å². The van der Waals surface area contributed by atoms with Gasteiger partial charge in [-0.1, -0.05) is 32.4 Å². The van der Waals surface area contributed by atoms with Crippen LogP contribution in [0, 0.1) is 0 Å². The van der Waals surface area contributed by atoms with Gasteiger partial charge < -0.3 is 4.74 Å². The van der Waals surface area contributed by atoms with E-state index in [1.165, 1.54) is 0 Å². The SMILES string of the molecule is C=CC(=C)OC(=C)/C(C)=C(/C)C=C. The first kappa shape index (κ1) is 11.5. The molecular formula is C12H16O. The number of ether oxygens (including phenoxy) is 1. The van der Waals surface area contributed by atoms with Gasteiger partial charge in [-0.3, -0.25) is 0 Å². The summed E-state index contributed by atoms with van der Waals surface area (Å²) < 4.78 is 5.27. The van der Waals surface area contributed by atoms with Crippen molar-refractivity contribution in [1.82, 2.24) is 0 Å². The highest BCUT2D eigenvalue weighted by Gasteiger charge is 2.01. The van der Waals surface area contributed by atoms with E-state index >= 15 is 0 Å². The molecule has 0 aromatic rings. The maximum atomic E-state index is 5.27. The molecule has 0 aliphatic carbocycles. The first-order chi connectivity index (χ1) is 6.02. The van der Waals surface area contributed by atoms with Crippen LogP contribution in [-0.2, 0) is 4.74 Å². The van der Waals surface area contributed by atoms with Crippen molar-refractivity contribution >= 4 is 0 Å². The van der Waals surface area contributed by atoms with E-state index in [0.717, 1.165) is 11.1 Å². The Hall–Kier alpha value is -1.50. The molecule has 0 aliphatic heterocycles. The quantitative estimate of drug-likeness (QED) is 0.458. The molecule has 70 valence electrons. The van der Waals surface area contributed by atoms with Gasteiger partial charge in [-0.2, -0.15) is 0 Å². The van der Waals surface area contributed by atoms with E-state index in [1.807, 2.05) is 13.8 Å². The Morgan fingerprint density at radius 3 is 2.00 bits per heavy atom. The summed E-state index contributed by atoms with van der Waals surface area (Å²) >= 11 is 0. The van der Waals surface area contributed by atoms with Gasteiger partial charge in [0.05, 0.1) is 0 Å². The summed E-state index contributed by atoms with van der Waals surface area (Å²) in [6.07, 6.45) is 3.31. The van der Waals surface area contributed by atoms with Crippen molar-refractivity contribution in [2.45, 2.75) is 13.8 Å². The average molecular weight is 176 g/mol. The molecule has 1 heteroatoms. The molecule has 0 rings (SSSR count). The molecule has 1 nitrogen and oxygen atoms in total. The third kappa shape index (κ3) is 3.61. The first-order valence-corrected chi connectivity index (χ1v) is 4.01. The van der Waals surface area contributed by atoms with Gasteiger partial charge in [-0.15, -0.1) is 0 Å². The molecule has 0 saturated carbocycles. The van der Waals surface area contributed by atoms with Crippen molar-refractivity contribution in [3.63, 3.8) is 0 Å². The van der Waals surface area contributed by atoms with E-state index in [9.17, 15) is 0 Å². The molecule has 0 aromatic heterocycles. The second kappa shape index (κ2) is 5.20. The molecule has 0 N–H and O–H groups in total. The largest absolute Gasteiger partial charge is 0.458 e. The van der Waals surface area contributed by atoms with Crippen LogP contribution in [0.1, 0.15) is 13.8 Å². The van der Waals surface area contributed by atoms with Crippen molar-refractivity contribution in [1.29, 1.82) is 0 Å². The van der Waals surface area contributed by atoms with Crippen molar-refractivity contribution in [2.75, 3.05) is 0 Å². The fourth-order valence-electron chi connectivity index (χ4n) is 0.649. The van der Waals surface area contributed by atoms with Gasteiger partial charge in [-0.25, -0.2) is 0 Å². The zero-order valence-corrected chi connectivity index (χ0v) is 8.39. The van der Waals surface area contributed by atoms with E-state index in [4.69, 9.17) is 4.74 Å². The Morgan fingerprint density at radius 2 is 1.62 bits per heavy atom. The lowest BCUT2D eigenvalue weighted by atomic mass is 10.1. The number of hydrogen-bond donors (Lipinski definition) is 0. The van der Waals surface area contributed by atoms with E-state index in [2.05, 4.69) is 26.3 Å². The van der Waals surface area contributed by atoms with Crippen LogP contribution in [0.5, 0.6) is 0 Å². The monoisotopic (exact) mass is 176 g/mol. The summed E-state index contributed by atoms with van der Waals surface area (Å²) in [5.41, 5.74) is 2.01. The van der Waals surface area contributed by atoms with Crippen molar-refractivity contribution in [2.24, 2.45) is 0 Å². The van der Waals surface area contributed by atoms with Crippen LogP contribution in [0.25, 0.3) is 0 Å². The van der Waals surface area contributed by atoms with Gasteiger partial charge in [0.1, 0.15) is 11.5 Å². The predicted octanol–water partition coefficient (Wildman–Crippen LogP) is 3.74. The van der Waals surface area contributed by atoms with E-state index in [1.54, 1.807) is 12.2 Å². The van der Waals surface area contributed by atoms with E-state index in [0.29, 0.717) is 11.5 Å². The van der Waals surface area contributed by atoms with Crippen LogP contribution in [0.15, 0.2) is 61.1 Å². The minimum atomic E-state index is 0.501. The van der Waals surface area contributed by atoms with Crippen molar-refractivity contribution in [3.05, 3.63) is 61.1 Å². The molecule has 0 unspecified atom stereocenters. The van der Waals surface area contributed by atoms with Crippen LogP contribution in [0.2, 0.25) is 0 Å². The van der Waals surface area contributed by atoms with Crippen molar-refractivity contribution < 1.29 is 4.74 Å². The third-order valence-electron chi connectivity index (χ3n) is 1.80. The van der Waals surface area contributed by atoms with Gasteiger partial charge in [0, 0.05) is 0 Å². The molecule has 0 radical (unpaired) electrons. The molecule has 0 spiro atoms. The van der Waals surface area contributed by atoms with Gasteiger partial charge >= 0.3 is 0 Å². The van der Waals surface area contributed by atoms with Gasteiger partial charge in [0.15, 0.2) is 0 Å². The molecule has 0 bridgehead atoms. The van der Waals surface area contributed by atoms with Crippen LogP contribution in [0.3, 0.4) is 0 Å². The number of rotatable bonds is 5. The highest BCUT2D eigenvalue weighted by Crippen LogP contribution is 2.16. The summed E-state index contributed by atoms with van der Waals surface area (Å²) in [6.45, 7) is 18.5. The molecule has 0 heterocycles. The zero-order chi connectivity index (χ0) is 10.4. The Balaban J connectivity index is 4.53. The number of allylic oxidation sites excluding steroid dienone is 4.